The molecule has 0 bridgehead atoms. The average Bonchev–Trinajstić information content (AvgIpc) is 3.30. The molecule has 2 aromatic rings. The predicted octanol–water partition coefficient (Wildman–Crippen LogP) is 2.31. The first kappa shape index (κ1) is 16.3. The van der Waals surface area contributed by atoms with Crippen LogP contribution in [-0.4, -0.2) is 48.4 Å². The van der Waals surface area contributed by atoms with Crippen LogP contribution < -0.4 is 0 Å². The van der Waals surface area contributed by atoms with Crippen molar-refractivity contribution >= 4 is 5.91 Å². The Labute approximate surface area is 148 Å². The quantitative estimate of drug-likeness (QED) is 0.836. The number of hydrogen-bond donors (Lipinski definition) is 0. The minimum Gasteiger partial charge on any atom is -0.336 e. The first-order valence-electron chi connectivity index (χ1n) is 9.37. The lowest BCUT2D eigenvalue weighted by Crippen LogP contribution is -2.38. The molecule has 0 radical (unpaired) electrons. The number of amides is 1. The van der Waals surface area contributed by atoms with Gasteiger partial charge in [-0.05, 0) is 37.7 Å². The van der Waals surface area contributed by atoms with Crippen molar-refractivity contribution in [2.45, 2.75) is 58.5 Å². The Morgan fingerprint density at radius 3 is 2.88 bits per heavy atom. The molecule has 1 atom stereocenters. The summed E-state index contributed by atoms with van der Waals surface area (Å²) >= 11 is 0. The summed E-state index contributed by atoms with van der Waals surface area (Å²) in [6.07, 6.45) is 8.19. The van der Waals surface area contributed by atoms with Gasteiger partial charge in [0.05, 0.1) is 0 Å². The van der Waals surface area contributed by atoms with E-state index in [1.54, 1.807) is 10.9 Å². The van der Waals surface area contributed by atoms with Crippen molar-refractivity contribution in [1.82, 2.24) is 29.4 Å². The van der Waals surface area contributed by atoms with Gasteiger partial charge in [0.25, 0.3) is 5.91 Å². The Hall–Kier alpha value is -2.18. The molecule has 1 unspecified atom stereocenters. The third-order valence-corrected chi connectivity index (χ3v) is 5.94. The average molecular weight is 342 g/mol. The highest BCUT2D eigenvalue weighted by atomic mass is 16.2. The minimum absolute atomic E-state index is 0.0923. The zero-order valence-electron chi connectivity index (χ0n) is 15.1. The number of aromatic nitrogens is 5. The molecule has 2 aromatic heterocycles. The summed E-state index contributed by atoms with van der Waals surface area (Å²) in [6, 6.07) is 1.83. The maximum Gasteiger partial charge on any atom is 0.272 e. The van der Waals surface area contributed by atoms with Gasteiger partial charge in [-0.2, -0.15) is 5.10 Å². The summed E-state index contributed by atoms with van der Waals surface area (Å²) in [7, 11) is 0. The first-order chi connectivity index (χ1) is 12.2. The van der Waals surface area contributed by atoms with Crippen molar-refractivity contribution in [2.24, 2.45) is 5.41 Å². The van der Waals surface area contributed by atoms with Crippen LogP contribution in [0.15, 0.2) is 18.6 Å². The standard InChI is InChI=1S/C18H26N6O/c1-3-10-22-13-19-21-16(22)14-11-23(12-18(14)7-5-8-18)17(25)15-6-9-20-24(15)4-2/h6,9,13-14H,3-5,7-8,10-12H2,1-2H3. The topological polar surface area (TPSA) is 68.8 Å². The van der Waals surface area contributed by atoms with Crippen molar-refractivity contribution < 1.29 is 4.79 Å². The Bertz CT molecular complexity index is 759. The largest absolute Gasteiger partial charge is 0.336 e. The maximum absolute atomic E-state index is 13.1. The Balaban J connectivity index is 1.61. The van der Waals surface area contributed by atoms with Gasteiger partial charge in [0, 0.05) is 38.3 Å². The summed E-state index contributed by atoms with van der Waals surface area (Å²) in [5, 5.41) is 12.8. The third-order valence-electron chi connectivity index (χ3n) is 5.94. The van der Waals surface area contributed by atoms with Crippen LogP contribution in [-0.2, 0) is 13.1 Å². The van der Waals surface area contributed by atoms with Gasteiger partial charge in [0.1, 0.15) is 17.8 Å². The summed E-state index contributed by atoms with van der Waals surface area (Å²) in [5.41, 5.74) is 0.873. The summed E-state index contributed by atoms with van der Waals surface area (Å²) in [5.74, 6) is 1.44. The van der Waals surface area contributed by atoms with E-state index in [1.807, 2.05) is 24.2 Å². The Morgan fingerprint density at radius 1 is 1.36 bits per heavy atom. The molecule has 4 rings (SSSR count). The van der Waals surface area contributed by atoms with Gasteiger partial charge in [-0.3, -0.25) is 9.48 Å². The molecule has 7 nitrogen and oxygen atoms in total. The SMILES string of the molecule is CCCn1cnnc1C1CN(C(=O)c2ccnn2CC)CC12CCC2. The predicted molar refractivity (Wildman–Crippen MR) is 93.1 cm³/mol. The number of aryl methyl sites for hydroxylation is 2. The summed E-state index contributed by atoms with van der Waals surface area (Å²) in [4.78, 5) is 15.1. The fourth-order valence-corrected chi connectivity index (χ4v) is 4.49. The molecular formula is C18H26N6O. The molecule has 7 heteroatoms. The molecule has 25 heavy (non-hydrogen) atoms. The van der Waals surface area contributed by atoms with Gasteiger partial charge < -0.3 is 9.47 Å². The van der Waals surface area contributed by atoms with Gasteiger partial charge >= 0.3 is 0 Å². The highest BCUT2D eigenvalue weighted by molar-refractivity contribution is 5.92. The zero-order chi connectivity index (χ0) is 17.4. The van der Waals surface area contributed by atoms with E-state index in [0.29, 0.717) is 12.2 Å². The molecule has 1 aliphatic carbocycles. The molecule has 1 amide bonds. The number of rotatable bonds is 5. The third kappa shape index (κ3) is 2.56. The van der Waals surface area contributed by atoms with Gasteiger partial charge in [0.2, 0.25) is 0 Å². The van der Waals surface area contributed by atoms with Crippen molar-refractivity contribution in [1.29, 1.82) is 0 Å². The number of carbonyl (C=O) groups is 1. The molecule has 1 aliphatic heterocycles. The molecular weight excluding hydrogens is 316 g/mol. The van der Waals surface area contributed by atoms with E-state index in [4.69, 9.17) is 0 Å². The zero-order valence-corrected chi connectivity index (χ0v) is 15.1. The first-order valence-corrected chi connectivity index (χ1v) is 9.37. The van der Waals surface area contributed by atoms with Crippen molar-refractivity contribution in [3.05, 3.63) is 30.1 Å². The molecule has 0 N–H and O–H groups in total. The highest BCUT2D eigenvalue weighted by Crippen LogP contribution is 2.55. The molecule has 1 spiro atoms. The Kier molecular flexibility index (Phi) is 4.09. The number of nitrogens with zero attached hydrogens (tertiary/aromatic N) is 6. The second kappa shape index (κ2) is 6.28. The monoisotopic (exact) mass is 342 g/mol. The van der Waals surface area contributed by atoms with Gasteiger partial charge in [-0.1, -0.05) is 13.3 Å². The van der Waals surface area contributed by atoms with E-state index in [-0.39, 0.29) is 17.2 Å². The van der Waals surface area contributed by atoms with Crippen LogP contribution in [0.2, 0.25) is 0 Å². The van der Waals surface area contributed by atoms with Crippen LogP contribution in [0.1, 0.15) is 61.8 Å². The van der Waals surface area contributed by atoms with E-state index in [2.05, 4.69) is 26.8 Å². The molecule has 2 aliphatic rings. The second-order valence-corrected chi connectivity index (χ2v) is 7.37. The van der Waals surface area contributed by atoms with Crippen LogP contribution >= 0.6 is 0 Å². The number of likely N-dealkylation sites (tertiary alicyclic amines) is 1. The summed E-state index contributed by atoms with van der Waals surface area (Å²) < 4.78 is 3.96. The Morgan fingerprint density at radius 2 is 2.20 bits per heavy atom. The van der Waals surface area contributed by atoms with E-state index in [0.717, 1.165) is 31.9 Å². The lowest BCUT2D eigenvalue weighted by atomic mass is 9.62. The van der Waals surface area contributed by atoms with E-state index in [9.17, 15) is 4.79 Å². The van der Waals surface area contributed by atoms with Gasteiger partial charge in [-0.15, -0.1) is 10.2 Å². The summed E-state index contributed by atoms with van der Waals surface area (Å²) in [6.45, 7) is 7.38. The smallest absolute Gasteiger partial charge is 0.272 e. The lowest BCUT2D eigenvalue weighted by molar-refractivity contribution is 0.0712. The van der Waals surface area contributed by atoms with E-state index >= 15 is 0 Å². The van der Waals surface area contributed by atoms with Gasteiger partial charge in [-0.25, -0.2) is 0 Å². The van der Waals surface area contributed by atoms with Crippen molar-refractivity contribution in [3.63, 3.8) is 0 Å². The molecule has 2 fully saturated rings. The highest BCUT2D eigenvalue weighted by Gasteiger charge is 2.53. The van der Waals surface area contributed by atoms with Crippen LogP contribution in [0.4, 0.5) is 0 Å². The van der Waals surface area contributed by atoms with Gasteiger partial charge in [0.15, 0.2) is 0 Å². The van der Waals surface area contributed by atoms with Crippen LogP contribution in [0.5, 0.6) is 0 Å². The molecule has 1 saturated carbocycles. The minimum atomic E-state index is 0.0923. The lowest BCUT2D eigenvalue weighted by Gasteiger charge is -2.42. The number of carbonyl (C=O) groups excluding carboxylic acids is 1. The van der Waals surface area contributed by atoms with E-state index in [1.165, 1.54) is 19.3 Å². The number of hydrogen-bond acceptors (Lipinski definition) is 4. The fourth-order valence-electron chi connectivity index (χ4n) is 4.49. The maximum atomic E-state index is 13.1. The van der Waals surface area contributed by atoms with Crippen LogP contribution in [0.3, 0.4) is 0 Å². The molecule has 1 saturated heterocycles. The van der Waals surface area contributed by atoms with E-state index < -0.39 is 0 Å². The molecule has 0 aromatic carbocycles. The van der Waals surface area contributed by atoms with Crippen molar-refractivity contribution in [2.75, 3.05) is 13.1 Å². The molecule has 3 heterocycles. The van der Waals surface area contributed by atoms with Crippen LogP contribution in [0.25, 0.3) is 0 Å². The second-order valence-electron chi connectivity index (χ2n) is 7.37. The van der Waals surface area contributed by atoms with Crippen molar-refractivity contribution in [3.8, 4) is 0 Å². The molecule has 134 valence electrons. The fraction of sp³-hybridized carbons (Fsp3) is 0.667. The van der Waals surface area contributed by atoms with Crippen LogP contribution in [0, 0.1) is 5.41 Å². The normalized spacial score (nSPS) is 21.7.